The van der Waals surface area contributed by atoms with Gasteiger partial charge < -0.3 is 0 Å². The van der Waals surface area contributed by atoms with Crippen LogP contribution < -0.4 is 0 Å². The molecule has 2 aromatic rings. The molecule has 0 aromatic heterocycles. The Morgan fingerprint density at radius 3 is 1.87 bits per heavy atom. The highest BCUT2D eigenvalue weighted by Crippen LogP contribution is 2.22. The van der Waals surface area contributed by atoms with Crippen LogP contribution in [0.25, 0.3) is 11.1 Å². The Hall–Kier alpha value is -2.07. The lowest BCUT2D eigenvalue weighted by Crippen LogP contribution is -1.92. The molecule has 0 spiro atoms. The molecule has 2 rings (SSSR count). The van der Waals surface area contributed by atoms with Gasteiger partial charge in [0.1, 0.15) is 5.82 Å². The highest BCUT2D eigenvalue weighted by molar-refractivity contribution is 5.63. The number of hydrogen-bond donors (Lipinski definition) is 0. The van der Waals surface area contributed by atoms with Crippen LogP contribution in [0.5, 0.6) is 0 Å². The van der Waals surface area contributed by atoms with Gasteiger partial charge >= 0.3 is 0 Å². The Balaban J connectivity index is 1.50. The molecule has 0 saturated carbocycles. The Kier molecular flexibility index (Phi) is 12.7. The smallest absolute Gasteiger partial charge is 0.127 e. The summed E-state index contributed by atoms with van der Waals surface area (Å²) in [7, 11) is 0. The van der Waals surface area contributed by atoms with Gasteiger partial charge in [-0.05, 0) is 48.4 Å². The first-order chi connectivity index (χ1) is 14.8. The molecular weight excluding hydrogens is 367 g/mol. The van der Waals surface area contributed by atoms with Crippen LogP contribution in [0.3, 0.4) is 0 Å². The zero-order valence-corrected chi connectivity index (χ0v) is 18.9. The molecule has 0 saturated heterocycles. The fourth-order valence-corrected chi connectivity index (χ4v) is 3.79. The van der Waals surface area contributed by atoms with E-state index in [0.29, 0.717) is 0 Å². The molecule has 0 aliphatic heterocycles. The molecule has 0 aliphatic rings. The zero-order valence-electron chi connectivity index (χ0n) is 18.9. The third-order valence-corrected chi connectivity index (χ3v) is 5.69. The molecule has 30 heavy (non-hydrogen) atoms. The standard InChI is InChI=1S/C29H39F/c1-2-3-4-5-6-7-8-9-10-11-12-13-14-15-17-22-27-23-24-28(25-29(27)30)26-20-18-16-19-21-26/h16,18-21,23-25H,2-8,11-15,17,22H2,1H3. The van der Waals surface area contributed by atoms with Gasteiger partial charge in [0.15, 0.2) is 0 Å². The molecule has 0 radical (unpaired) electrons. The lowest BCUT2D eigenvalue weighted by Gasteiger charge is -2.07. The van der Waals surface area contributed by atoms with E-state index < -0.39 is 0 Å². The van der Waals surface area contributed by atoms with Gasteiger partial charge in [0.05, 0.1) is 0 Å². The second-order valence-corrected chi connectivity index (χ2v) is 8.31. The van der Waals surface area contributed by atoms with Gasteiger partial charge in [0.2, 0.25) is 0 Å². The summed E-state index contributed by atoms with van der Waals surface area (Å²) in [5.41, 5.74) is 2.86. The van der Waals surface area contributed by atoms with Crippen LogP contribution in [0.2, 0.25) is 0 Å². The van der Waals surface area contributed by atoms with Crippen LogP contribution in [0.4, 0.5) is 4.39 Å². The molecule has 0 aliphatic carbocycles. The first-order valence-electron chi connectivity index (χ1n) is 12.1. The molecule has 2 aromatic carbocycles. The third kappa shape index (κ3) is 10.1. The van der Waals surface area contributed by atoms with E-state index in [4.69, 9.17) is 0 Å². The van der Waals surface area contributed by atoms with E-state index in [0.717, 1.165) is 42.4 Å². The largest absolute Gasteiger partial charge is 0.207 e. The molecule has 0 bridgehead atoms. The molecule has 1 heteroatoms. The molecule has 0 unspecified atom stereocenters. The Bertz CT molecular complexity index is 751. The lowest BCUT2D eigenvalue weighted by molar-refractivity contribution is 0.585. The van der Waals surface area contributed by atoms with Crippen LogP contribution >= 0.6 is 0 Å². The average molecular weight is 407 g/mol. The highest BCUT2D eigenvalue weighted by atomic mass is 19.1. The lowest BCUT2D eigenvalue weighted by atomic mass is 10.00. The first kappa shape index (κ1) is 24.2. The maximum absolute atomic E-state index is 14.4. The summed E-state index contributed by atoms with van der Waals surface area (Å²) in [5, 5.41) is 0. The number of halogens is 1. The summed E-state index contributed by atoms with van der Waals surface area (Å²) in [5.74, 6) is 6.59. The number of aryl methyl sites for hydroxylation is 1. The summed E-state index contributed by atoms with van der Waals surface area (Å²) >= 11 is 0. The van der Waals surface area contributed by atoms with Gasteiger partial charge in [-0.1, -0.05) is 101 Å². The maximum Gasteiger partial charge on any atom is 0.127 e. The normalized spacial score (nSPS) is 10.6. The van der Waals surface area contributed by atoms with Crippen molar-refractivity contribution in [1.29, 1.82) is 0 Å². The maximum atomic E-state index is 14.4. The summed E-state index contributed by atoms with van der Waals surface area (Å²) < 4.78 is 14.4. The van der Waals surface area contributed by atoms with E-state index in [1.54, 1.807) is 6.07 Å². The van der Waals surface area contributed by atoms with Crippen molar-refractivity contribution < 1.29 is 4.39 Å². The zero-order chi connectivity index (χ0) is 21.3. The van der Waals surface area contributed by atoms with Gasteiger partial charge in [-0.15, -0.1) is 11.8 Å². The highest BCUT2D eigenvalue weighted by Gasteiger charge is 2.05. The minimum absolute atomic E-state index is 0.0722. The second-order valence-electron chi connectivity index (χ2n) is 8.31. The molecule has 0 heterocycles. The van der Waals surface area contributed by atoms with Crippen LogP contribution in [-0.4, -0.2) is 0 Å². The molecule has 0 N–H and O–H groups in total. The van der Waals surface area contributed by atoms with Gasteiger partial charge in [-0.25, -0.2) is 4.39 Å². The molecule has 162 valence electrons. The van der Waals surface area contributed by atoms with Crippen molar-refractivity contribution in [1.82, 2.24) is 0 Å². The van der Waals surface area contributed by atoms with E-state index >= 15 is 0 Å². The number of benzene rings is 2. The van der Waals surface area contributed by atoms with Crippen molar-refractivity contribution >= 4 is 0 Å². The minimum atomic E-state index is -0.0722. The summed E-state index contributed by atoms with van der Waals surface area (Å²) in [4.78, 5) is 0. The van der Waals surface area contributed by atoms with Gasteiger partial charge in [0.25, 0.3) is 0 Å². The van der Waals surface area contributed by atoms with E-state index in [1.165, 1.54) is 64.2 Å². The monoisotopic (exact) mass is 406 g/mol. The minimum Gasteiger partial charge on any atom is -0.207 e. The molecule has 0 atom stereocenters. The van der Waals surface area contributed by atoms with Crippen molar-refractivity contribution in [2.75, 3.05) is 0 Å². The van der Waals surface area contributed by atoms with Crippen LogP contribution in [0, 0.1) is 17.7 Å². The SMILES string of the molecule is CCCCCCCCC#CCCCCCCCc1ccc(-c2ccccc2)cc1F. The Morgan fingerprint density at radius 1 is 0.633 bits per heavy atom. The predicted octanol–water partition coefficient (Wildman–Crippen LogP) is 9.13. The quantitative estimate of drug-likeness (QED) is 0.217. The fourth-order valence-electron chi connectivity index (χ4n) is 3.79. The molecular formula is C29H39F. The van der Waals surface area contributed by atoms with E-state index in [2.05, 4.69) is 18.8 Å². The Labute approximate surface area is 184 Å². The van der Waals surface area contributed by atoms with E-state index in [9.17, 15) is 4.39 Å². The number of rotatable bonds is 14. The number of hydrogen-bond acceptors (Lipinski definition) is 0. The average Bonchev–Trinajstić information content (AvgIpc) is 2.78. The van der Waals surface area contributed by atoms with E-state index in [-0.39, 0.29) is 5.82 Å². The van der Waals surface area contributed by atoms with Crippen molar-refractivity contribution in [3.63, 3.8) is 0 Å². The molecule has 0 nitrogen and oxygen atoms in total. The number of unbranched alkanes of at least 4 members (excludes halogenated alkanes) is 11. The van der Waals surface area contributed by atoms with Gasteiger partial charge in [-0.2, -0.15) is 0 Å². The molecule has 0 fully saturated rings. The first-order valence-corrected chi connectivity index (χ1v) is 12.1. The van der Waals surface area contributed by atoms with Crippen LogP contribution in [0.1, 0.15) is 96.0 Å². The fraction of sp³-hybridized carbons (Fsp3) is 0.517. The third-order valence-electron chi connectivity index (χ3n) is 5.69. The van der Waals surface area contributed by atoms with Gasteiger partial charge in [0, 0.05) is 12.8 Å². The van der Waals surface area contributed by atoms with Gasteiger partial charge in [-0.3, -0.25) is 0 Å². The summed E-state index contributed by atoms with van der Waals surface area (Å²) in [6.45, 7) is 2.26. The molecule has 0 amide bonds. The summed E-state index contributed by atoms with van der Waals surface area (Å²) in [6.07, 6.45) is 16.9. The Morgan fingerprint density at radius 2 is 1.23 bits per heavy atom. The predicted molar refractivity (Wildman–Crippen MR) is 129 cm³/mol. The van der Waals surface area contributed by atoms with Crippen molar-refractivity contribution in [3.8, 4) is 23.0 Å². The second kappa shape index (κ2) is 15.7. The topological polar surface area (TPSA) is 0 Å². The van der Waals surface area contributed by atoms with Crippen molar-refractivity contribution in [3.05, 3.63) is 59.9 Å². The van der Waals surface area contributed by atoms with E-state index in [1.807, 2.05) is 42.5 Å². The van der Waals surface area contributed by atoms with Crippen molar-refractivity contribution in [2.24, 2.45) is 0 Å². The van der Waals surface area contributed by atoms with Crippen LogP contribution in [-0.2, 0) is 6.42 Å². The van der Waals surface area contributed by atoms with Crippen molar-refractivity contribution in [2.45, 2.75) is 96.8 Å². The van der Waals surface area contributed by atoms with Crippen LogP contribution in [0.15, 0.2) is 48.5 Å². The summed E-state index contributed by atoms with van der Waals surface area (Å²) in [6, 6.07) is 15.7.